The largest absolute Gasteiger partial charge is 0.508 e. The maximum atomic E-state index is 17.0. The van der Waals surface area contributed by atoms with Crippen LogP contribution in [0.3, 0.4) is 0 Å². The third-order valence-electron chi connectivity index (χ3n) is 11.6. The predicted octanol–water partition coefficient (Wildman–Crippen LogP) is 6.94. The summed E-state index contributed by atoms with van der Waals surface area (Å²) in [5, 5.41) is 23.1. The van der Waals surface area contributed by atoms with Crippen molar-refractivity contribution >= 4 is 33.8 Å². The van der Waals surface area contributed by atoms with Crippen molar-refractivity contribution < 1.29 is 33.3 Å². The van der Waals surface area contributed by atoms with Crippen molar-refractivity contribution in [2.45, 2.75) is 82.4 Å². The van der Waals surface area contributed by atoms with Crippen molar-refractivity contribution in [3.63, 3.8) is 0 Å². The van der Waals surface area contributed by atoms with Gasteiger partial charge >= 0.3 is 6.01 Å². The molecule has 10 nitrogen and oxygen atoms in total. The van der Waals surface area contributed by atoms with Crippen molar-refractivity contribution in [3.8, 4) is 28.8 Å². The summed E-state index contributed by atoms with van der Waals surface area (Å²) in [6, 6.07) is 13.7. The van der Waals surface area contributed by atoms with E-state index in [0.29, 0.717) is 73.0 Å². The fourth-order valence-electron chi connectivity index (χ4n) is 8.95. The number of β-amino-alcohol motifs (C(OH)–C–C–N with tert-alkyl or cyclic N) is 1. The van der Waals surface area contributed by atoms with E-state index in [1.54, 1.807) is 13.0 Å². The summed E-state index contributed by atoms with van der Waals surface area (Å²) in [5.41, 5.74) is 0.320. The number of carbonyl (C=O) groups is 1. The van der Waals surface area contributed by atoms with Crippen molar-refractivity contribution in [1.29, 1.82) is 0 Å². The third kappa shape index (κ3) is 6.70. The summed E-state index contributed by atoms with van der Waals surface area (Å²) in [4.78, 5) is 29.3. The van der Waals surface area contributed by atoms with Crippen LogP contribution in [0.5, 0.6) is 17.5 Å². The number of fused-ring (bicyclic) bond motifs is 3. The maximum Gasteiger partial charge on any atom is 0.319 e. The Morgan fingerprint density at radius 3 is 2.61 bits per heavy atom. The number of phenolic OH excluding ortho intramolecular Hbond substituents is 1. The minimum atomic E-state index is -0.967. The monoisotopic (exact) mass is 737 g/mol. The third-order valence-corrected chi connectivity index (χ3v) is 11.6. The van der Waals surface area contributed by atoms with Gasteiger partial charge in [-0.15, -0.1) is 0 Å². The average molecular weight is 738 g/mol. The summed E-state index contributed by atoms with van der Waals surface area (Å²) >= 11 is 0. The van der Waals surface area contributed by atoms with Gasteiger partial charge in [-0.1, -0.05) is 25.1 Å². The quantitative estimate of drug-likeness (QED) is 0.138. The number of aldehydes is 1. The zero-order chi connectivity index (χ0) is 37.6. The molecule has 3 fully saturated rings. The minimum Gasteiger partial charge on any atom is -0.508 e. The number of carbonyl (C=O) groups excluding carboxylic acids is 1. The molecule has 0 radical (unpaired) electrons. The van der Waals surface area contributed by atoms with Crippen LogP contribution in [0, 0.1) is 11.6 Å². The first kappa shape index (κ1) is 36.1. The molecule has 0 saturated carbocycles. The predicted molar refractivity (Wildman–Crippen MR) is 202 cm³/mol. The molecule has 282 valence electrons. The summed E-state index contributed by atoms with van der Waals surface area (Å²) in [5.74, 6) is -0.0607. The normalized spacial score (nSPS) is 22.9. The maximum absolute atomic E-state index is 17.0. The fraction of sp³-hybridized carbons (Fsp3) is 0.429. The van der Waals surface area contributed by atoms with Gasteiger partial charge in [0.1, 0.15) is 53.8 Å². The van der Waals surface area contributed by atoms with Crippen LogP contribution in [-0.2, 0) is 17.6 Å². The van der Waals surface area contributed by atoms with Gasteiger partial charge in [0.15, 0.2) is 5.82 Å². The summed E-state index contributed by atoms with van der Waals surface area (Å²) < 4.78 is 44.8. The average Bonchev–Trinajstić information content (AvgIpc) is 3.73. The van der Waals surface area contributed by atoms with Gasteiger partial charge in [-0.3, -0.25) is 9.88 Å². The van der Waals surface area contributed by atoms with E-state index >= 15 is 8.78 Å². The van der Waals surface area contributed by atoms with E-state index in [-0.39, 0.29) is 46.7 Å². The molecule has 3 aromatic carbocycles. The molecular weight excluding hydrogens is 692 g/mol. The van der Waals surface area contributed by atoms with Crippen LogP contribution in [0.25, 0.3) is 32.9 Å². The molecule has 54 heavy (non-hydrogen) atoms. The smallest absolute Gasteiger partial charge is 0.319 e. The Hall–Kier alpha value is -4.94. The molecule has 8 rings (SSSR count). The molecule has 0 unspecified atom stereocenters. The van der Waals surface area contributed by atoms with Gasteiger partial charge in [0.25, 0.3) is 0 Å². The molecule has 0 spiro atoms. The standard InChI is InChI=1S/C42H45F2N5O5/c1-3-31-34(43)11-8-27-20-29(51)21-32(35(27)31)37-36(44)38-33(22-45-37)39(48-17-4-14-41(2,52)24-48)47-40(46-38)54-25-42-15-5-18-49(42)28(12-16-42)23-53-30-9-6-26(7-10-30)13-19-50/h6-11,19-22,28,51-52H,3-5,12-18,23-25H2,1-2H3/t28-,41+,42-/m0/s1. The number of halogens is 2. The van der Waals surface area contributed by atoms with Crippen LogP contribution in [0.15, 0.2) is 54.7 Å². The lowest BCUT2D eigenvalue weighted by atomic mass is 9.94. The number of aromatic hydroxyl groups is 1. The first-order chi connectivity index (χ1) is 26.1. The Bertz CT molecular complexity index is 2220. The summed E-state index contributed by atoms with van der Waals surface area (Å²) in [7, 11) is 0. The number of aromatic nitrogens is 3. The number of benzene rings is 3. The SMILES string of the molecule is CCc1c(F)ccc2cc(O)cc(-c3ncc4c(N5CCC[C@@](C)(O)C5)nc(OC[C@@]56CCCN5[C@H](COc5ccc(CC=O)cc5)CC6)nc4c3F)c12. The second kappa shape index (κ2) is 14.4. The van der Waals surface area contributed by atoms with E-state index in [2.05, 4.69) is 14.9 Å². The van der Waals surface area contributed by atoms with Crippen LogP contribution in [0.2, 0.25) is 0 Å². The van der Waals surface area contributed by atoms with Crippen molar-refractivity contribution in [3.05, 3.63) is 77.5 Å². The second-order valence-electron chi connectivity index (χ2n) is 15.3. The number of anilines is 1. The summed E-state index contributed by atoms with van der Waals surface area (Å²) in [6.07, 6.45) is 8.26. The molecule has 3 atom stereocenters. The van der Waals surface area contributed by atoms with E-state index in [4.69, 9.17) is 14.5 Å². The zero-order valence-electron chi connectivity index (χ0n) is 30.7. The number of aryl methyl sites for hydroxylation is 1. The van der Waals surface area contributed by atoms with E-state index in [1.165, 1.54) is 24.4 Å². The van der Waals surface area contributed by atoms with E-state index in [1.807, 2.05) is 36.1 Å². The van der Waals surface area contributed by atoms with Crippen molar-refractivity contribution in [2.24, 2.45) is 0 Å². The molecule has 0 amide bonds. The minimum absolute atomic E-state index is 0.00574. The number of nitrogens with zero attached hydrogens (tertiary/aromatic N) is 5. The van der Waals surface area contributed by atoms with Gasteiger partial charge in [0.2, 0.25) is 0 Å². The Balaban J connectivity index is 1.13. The first-order valence-electron chi connectivity index (χ1n) is 18.9. The molecule has 12 heteroatoms. The molecule has 2 aromatic heterocycles. The Morgan fingerprint density at radius 1 is 1.02 bits per heavy atom. The number of piperidine rings is 1. The number of pyridine rings is 1. The van der Waals surface area contributed by atoms with Crippen LogP contribution in [0.4, 0.5) is 14.6 Å². The van der Waals surface area contributed by atoms with Gasteiger partial charge in [0, 0.05) is 37.3 Å². The number of hydrogen-bond acceptors (Lipinski definition) is 10. The van der Waals surface area contributed by atoms with Crippen LogP contribution in [-0.4, -0.2) is 86.4 Å². The molecule has 2 N–H and O–H groups in total. The van der Waals surface area contributed by atoms with Crippen molar-refractivity contribution in [1.82, 2.24) is 19.9 Å². The van der Waals surface area contributed by atoms with Gasteiger partial charge in [-0.05, 0) is 111 Å². The van der Waals surface area contributed by atoms with Gasteiger partial charge < -0.3 is 29.4 Å². The number of aliphatic hydroxyl groups is 1. The molecule has 5 aromatic rings. The lowest BCUT2D eigenvalue weighted by Crippen LogP contribution is -2.48. The molecule has 0 aliphatic carbocycles. The van der Waals surface area contributed by atoms with Crippen molar-refractivity contribution in [2.75, 3.05) is 37.7 Å². The topological polar surface area (TPSA) is 121 Å². The number of hydrogen-bond donors (Lipinski definition) is 2. The van der Waals surface area contributed by atoms with Crippen LogP contribution in [0.1, 0.15) is 63.5 Å². The van der Waals surface area contributed by atoms with Gasteiger partial charge in [0.05, 0.1) is 16.5 Å². The zero-order valence-corrected chi connectivity index (χ0v) is 30.7. The molecule has 3 aliphatic heterocycles. The number of rotatable bonds is 11. The van der Waals surface area contributed by atoms with Crippen LogP contribution < -0.4 is 14.4 Å². The van der Waals surface area contributed by atoms with E-state index in [9.17, 15) is 15.0 Å². The van der Waals surface area contributed by atoms with E-state index in [0.717, 1.165) is 49.8 Å². The number of phenols is 1. The number of ether oxygens (including phenoxy) is 2. The lowest BCUT2D eigenvalue weighted by Gasteiger charge is -2.38. The van der Waals surface area contributed by atoms with Gasteiger partial charge in [-0.25, -0.2) is 8.78 Å². The van der Waals surface area contributed by atoms with E-state index < -0.39 is 17.2 Å². The fourth-order valence-corrected chi connectivity index (χ4v) is 8.95. The summed E-state index contributed by atoms with van der Waals surface area (Å²) in [6.45, 7) is 6.24. The second-order valence-corrected chi connectivity index (χ2v) is 15.3. The highest BCUT2D eigenvalue weighted by Gasteiger charge is 2.50. The first-order valence-corrected chi connectivity index (χ1v) is 18.9. The Labute approximate surface area is 312 Å². The van der Waals surface area contributed by atoms with Gasteiger partial charge in [-0.2, -0.15) is 9.97 Å². The highest BCUT2D eigenvalue weighted by atomic mass is 19.1. The highest BCUT2D eigenvalue weighted by Crippen LogP contribution is 2.44. The molecule has 3 aliphatic rings. The Kier molecular flexibility index (Phi) is 9.60. The Morgan fingerprint density at radius 2 is 1.83 bits per heavy atom. The molecule has 3 saturated heterocycles. The van der Waals surface area contributed by atoms with Crippen LogP contribution >= 0.6 is 0 Å². The lowest BCUT2D eigenvalue weighted by molar-refractivity contribution is -0.107. The molecular formula is C42H45F2N5O5. The highest BCUT2D eigenvalue weighted by molar-refractivity contribution is 6.01. The molecule has 0 bridgehead atoms. The molecule has 5 heterocycles.